The summed E-state index contributed by atoms with van der Waals surface area (Å²) in [6, 6.07) is 0. The second kappa shape index (κ2) is 14.4. The van der Waals surface area contributed by atoms with Crippen LogP contribution in [-0.2, 0) is 0 Å². The zero-order valence-electron chi connectivity index (χ0n) is 16.4. The van der Waals surface area contributed by atoms with Gasteiger partial charge in [0.2, 0.25) is 0 Å². The minimum atomic E-state index is -2.45. The van der Waals surface area contributed by atoms with E-state index in [1.54, 1.807) is 0 Å². The first kappa shape index (κ1) is 23.1. The quantitative estimate of drug-likeness (QED) is 0.263. The molecule has 0 aliphatic heterocycles. The predicted octanol–water partition coefficient (Wildman–Crippen LogP) is 6.49. The molecule has 0 amide bonds. The molecule has 0 bridgehead atoms. The molecule has 0 rings (SSSR count). The summed E-state index contributed by atoms with van der Waals surface area (Å²) in [5, 5.41) is 10.9. The number of aliphatic hydroxyl groups excluding tert-OH is 1. The van der Waals surface area contributed by atoms with Crippen molar-refractivity contribution in [3.8, 4) is 11.8 Å². The standard InChI is InChI=1S/C9H13O.3C4H9.Sn/c1-3-5-6-8-9(10)7-4-2;3*1-3-4-2;/h4,9-10H,6,8H2,1-2H3;3*1,3-4H2,2H3;. The van der Waals surface area contributed by atoms with Gasteiger partial charge < -0.3 is 0 Å². The van der Waals surface area contributed by atoms with Crippen LogP contribution in [0.4, 0.5) is 0 Å². The third kappa shape index (κ3) is 8.64. The zero-order valence-corrected chi connectivity index (χ0v) is 19.2. The average Bonchev–Trinajstić information content (AvgIpc) is 2.56. The van der Waals surface area contributed by atoms with Crippen LogP contribution in [0.25, 0.3) is 0 Å². The van der Waals surface area contributed by atoms with Crippen molar-refractivity contribution in [2.75, 3.05) is 0 Å². The van der Waals surface area contributed by atoms with Crippen molar-refractivity contribution < 1.29 is 5.11 Å². The second-order valence-corrected chi connectivity index (χ2v) is 20.1. The monoisotopic (exact) mass is 428 g/mol. The molecule has 0 saturated carbocycles. The first-order valence-electron chi connectivity index (χ1n) is 9.86. The third-order valence-corrected chi connectivity index (χ3v) is 21.5. The van der Waals surface area contributed by atoms with Gasteiger partial charge in [0, 0.05) is 0 Å². The Morgan fingerprint density at radius 2 is 1.48 bits per heavy atom. The number of allylic oxidation sites excluding steroid dienone is 1. The number of aliphatic hydroxyl groups is 1. The van der Waals surface area contributed by atoms with Crippen LogP contribution in [0.1, 0.15) is 86.0 Å². The van der Waals surface area contributed by atoms with E-state index in [0.29, 0.717) is 0 Å². The minimum absolute atomic E-state index is 0.234. The molecule has 0 aromatic rings. The molecule has 2 heteroatoms. The van der Waals surface area contributed by atoms with E-state index < -0.39 is 18.4 Å². The molecule has 1 unspecified atom stereocenters. The molecule has 0 fully saturated rings. The Morgan fingerprint density at radius 1 is 1.00 bits per heavy atom. The van der Waals surface area contributed by atoms with Crippen LogP contribution in [0.5, 0.6) is 0 Å². The Bertz CT molecular complexity index is 353. The molecule has 0 aromatic carbocycles. The molecular weight excluding hydrogens is 387 g/mol. The van der Waals surface area contributed by atoms with E-state index >= 15 is 0 Å². The first-order valence-corrected chi connectivity index (χ1v) is 17.3. The van der Waals surface area contributed by atoms with Crippen molar-refractivity contribution >= 4 is 18.4 Å². The maximum absolute atomic E-state index is 10.9. The fourth-order valence-electron chi connectivity index (χ4n) is 3.69. The summed E-state index contributed by atoms with van der Waals surface area (Å²) in [5.41, 5.74) is 0. The van der Waals surface area contributed by atoms with E-state index in [4.69, 9.17) is 0 Å². The Hall–Kier alpha value is 0.0587. The predicted molar refractivity (Wildman–Crippen MR) is 107 cm³/mol. The summed E-state index contributed by atoms with van der Waals surface area (Å²) >= 11 is -2.45. The van der Waals surface area contributed by atoms with Crippen LogP contribution in [0.2, 0.25) is 13.3 Å². The fourth-order valence-corrected chi connectivity index (χ4v) is 21.3. The summed E-state index contributed by atoms with van der Waals surface area (Å²) in [7, 11) is 0. The topological polar surface area (TPSA) is 20.2 Å². The van der Waals surface area contributed by atoms with Gasteiger partial charge in [0.25, 0.3) is 0 Å². The first-order chi connectivity index (χ1) is 11.1. The van der Waals surface area contributed by atoms with Crippen LogP contribution >= 0.6 is 0 Å². The summed E-state index contributed by atoms with van der Waals surface area (Å²) in [5.74, 6) is 6.08. The Kier molecular flexibility index (Phi) is 14.4. The van der Waals surface area contributed by atoms with E-state index in [1.165, 1.54) is 55.4 Å². The van der Waals surface area contributed by atoms with Crippen molar-refractivity contribution in [1.29, 1.82) is 0 Å². The van der Waals surface area contributed by atoms with Crippen molar-refractivity contribution in [2.24, 2.45) is 0 Å². The van der Waals surface area contributed by atoms with E-state index in [2.05, 4.69) is 45.6 Å². The molecule has 0 radical (unpaired) electrons. The maximum atomic E-state index is 10.9. The molecule has 0 saturated heterocycles. The molecule has 0 aliphatic rings. The van der Waals surface area contributed by atoms with Crippen molar-refractivity contribution in [3.63, 3.8) is 0 Å². The normalized spacial score (nSPS) is 13.6. The molecule has 0 aliphatic carbocycles. The van der Waals surface area contributed by atoms with Gasteiger partial charge in [0.05, 0.1) is 0 Å². The molecule has 1 nitrogen and oxygen atoms in total. The molecule has 134 valence electrons. The van der Waals surface area contributed by atoms with Crippen LogP contribution in [0.15, 0.2) is 9.67 Å². The van der Waals surface area contributed by atoms with E-state index in [-0.39, 0.29) is 6.10 Å². The Morgan fingerprint density at radius 3 is 1.83 bits per heavy atom. The molecule has 0 aromatic heterocycles. The van der Waals surface area contributed by atoms with Crippen LogP contribution in [-0.4, -0.2) is 29.6 Å². The molecule has 0 heterocycles. The molecule has 1 N–H and O–H groups in total. The second-order valence-electron chi connectivity index (χ2n) is 6.82. The average molecular weight is 427 g/mol. The molecule has 0 spiro atoms. The van der Waals surface area contributed by atoms with Gasteiger partial charge in [0.15, 0.2) is 0 Å². The van der Waals surface area contributed by atoms with Crippen molar-refractivity contribution in [1.82, 2.24) is 0 Å². The number of unbranched alkanes of at least 4 members (excludes halogenated alkanes) is 3. The molecule has 23 heavy (non-hydrogen) atoms. The molecular formula is C21H40OSn. The summed E-state index contributed by atoms with van der Waals surface area (Å²) in [6.45, 7) is 11.0. The van der Waals surface area contributed by atoms with Crippen LogP contribution in [0, 0.1) is 11.8 Å². The van der Waals surface area contributed by atoms with Crippen LogP contribution in [0.3, 0.4) is 0 Å². The Labute approximate surface area is 150 Å². The van der Waals surface area contributed by atoms with Crippen molar-refractivity contribution in [3.05, 3.63) is 9.67 Å². The van der Waals surface area contributed by atoms with Gasteiger partial charge in [-0.2, -0.15) is 0 Å². The number of hydrogen-bond acceptors (Lipinski definition) is 1. The van der Waals surface area contributed by atoms with Gasteiger partial charge in [0.1, 0.15) is 0 Å². The van der Waals surface area contributed by atoms with Gasteiger partial charge in [-0.05, 0) is 0 Å². The van der Waals surface area contributed by atoms with Crippen molar-refractivity contribution in [2.45, 2.75) is 105 Å². The number of hydrogen-bond donors (Lipinski definition) is 1. The van der Waals surface area contributed by atoms with Gasteiger partial charge >= 0.3 is 150 Å². The molecule has 1 atom stereocenters. The Balaban J connectivity index is 5.35. The van der Waals surface area contributed by atoms with E-state index in [9.17, 15) is 5.11 Å². The summed E-state index contributed by atoms with van der Waals surface area (Å²) in [4.78, 5) is 0. The fraction of sp³-hybridized carbons (Fsp3) is 0.810. The SMILES string of the molecule is CC#CCCC(O)/[C](=C/C)[Sn]([CH2]CCC)([CH2]CCC)[CH2]CCC. The van der Waals surface area contributed by atoms with Gasteiger partial charge in [-0.25, -0.2) is 0 Å². The van der Waals surface area contributed by atoms with Gasteiger partial charge in [-0.1, -0.05) is 0 Å². The third-order valence-electron chi connectivity index (χ3n) is 5.03. The summed E-state index contributed by atoms with van der Waals surface area (Å²) < 4.78 is 5.80. The van der Waals surface area contributed by atoms with E-state index in [1.807, 2.05) is 6.92 Å². The number of rotatable bonds is 13. The summed E-state index contributed by atoms with van der Waals surface area (Å²) in [6.07, 6.45) is 11.6. The van der Waals surface area contributed by atoms with Crippen LogP contribution < -0.4 is 0 Å². The zero-order chi connectivity index (χ0) is 17.6. The van der Waals surface area contributed by atoms with Gasteiger partial charge in [-0.3, -0.25) is 0 Å². The van der Waals surface area contributed by atoms with E-state index in [0.717, 1.165) is 12.8 Å². The van der Waals surface area contributed by atoms with Gasteiger partial charge in [-0.15, -0.1) is 0 Å².